The molecule has 0 spiro atoms. The molecule has 1 atom stereocenters. The summed E-state index contributed by atoms with van der Waals surface area (Å²) < 4.78 is 0. The highest BCUT2D eigenvalue weighted by molar-refractivity contribution is 8.00. The van der Waals surface area contributed by atoms with Crippen LogP contribution in [0.15, 0.2) is 24.3 Å². The van der Waals surface area contributed by atoms with Gasteiger partial charge < -0.3 is 10.2 Å². The fraction of sp³-hybridized carbons (Fsp3) is 0.538. The maximum Gasteiger partial charge on any atom is 0.0367 e. The summed E-state index contributed by atoms with van der Waals surface area (Å²) in [6.45, 7) is 5.62. The lowest BCUT2D eigenvalue weighted by Crippen LogP contribution is -2.36. The van der Waals surface area contributed by atoms with Crippen molar-refractivity contribution in [3.8, 4) is 0 Å². The molecule has 1 aliphatic heterocycles. The van der Waals surface area contributed by atoms with E-state index in [0.717, 1.165) is 11.8 Å². The van der Waals surface area contributed by atoms with E-state index in [0.29, 0.717) is 0 Å². The van der Waals surface area contributed by atoms with Crippen molar-refractivity contribution >= 4 is 17.4 Å². The molecule has 1 N–H and O–H groups in total. The Morgan fingerprint density at radius 3 is 2.75 bits per heavy atom. The molecular formula is C13H20N2S. The largest absolute Gasteiger partial charge is 0.370 e. The predicted molar refractivity (Wildman–Crippen MR) is 73.3 cm³/mol. The first-order chi connectivity index (χ1) is 7.79. The van der Waals surface area contributed by atoms with Crippen LogP contribution < -0.4 is 10.2 Å². The van der Waals surface area contributed by atoms with Gasteiger partial charge >= 0.3 is 0 Å². The van der Waals surface area contributed by atoms with Crippen LogP contribution in [0.4, 0.5) is 5.69 Å². The zero-order chi connectivity index (χ0) is 11.4. The highest BCUT2D eigenvalue weighted by Crippen LogP contribution is 2.23. The summed E-state index contributed by atoms with van der Waals surface area (Å²) in [5, 5.41) is 3.93. The van der Waals surface area contributed by atoms with Crippen LogP contribution in [0.5, 0.6) is 0 Å². The van der Waals surface area contributed by atoms with E-state index < -0.39 is 0 Å². The maximum absolute atomic E-state index is 3.17. The van der Waals surface area contributed by atoms with E-state index in [4.69, 9.17) is 0 Å². The second-order valence-corrected chi connectivity index (χ2v) is 5.87. The molecule has 2 nitrogen and oxygen atoms in total. The van der Waals surface area contributed by atoms with E-state index in [1.165, 1.54) is 30.1 Å². The van der Waals surface area contributed by atoms with Gasteiger partial charge in [-0.2, -0.15) is 11.8 Å². The molecule has 0 aromatic heterocycles. The summed E-state index contributed by atoms with van der Waals surface area (Å²) in [6.07, 6.45) is 0. The van der Waals surface area contributed by atoms with Crippen molar-refractivity contribution in [3.05, 3.63) is 29.8 Å². The van der Waals surface area contributed by atoms with Crippen LogP contribution in [0.2, 0.25) is 0 Å². The molecule has 2 rings (SSSR count). The van der Waals surface area contributed by atoms with Gasteiger partial charge in [-0.3, -0.25) is 0 Å². The Balaban J connectivity index is 2.03. The molecule has 16 heavy (non-hydrogen) atoms. The Morgan fingerprint density at radius 1 is 1.38 bits per heavy atom. The molecule has 0 bridgehead atoms. The molecular weight excluding hydrogens is 216 g/mol. The number of nitrogens with zero attached hydrogens (tertiary/aromatic N) is 1. The monoisotopic (exact) mass is 236 g/mol. The van der Waals surface area contributed by atoms with Gasteiger partial charge in [0.15, 0.2) is 0 Å². The van der Waals surface area contributed by atoms with E-state index in [2.05, 4.69) is 53.2 Å². The Kier molecular flexibility index (Phi) is 4.13. The lowest BCUT2D eigenvalue weighted by Gasteiger charge is -2.32. The Labute approximate surface area is 102 Å². The smallest absolute Gasteiger partial charge is 0.0367 e. The summed E-state index contributed by atoms with van der Waals surface area (Å²) in [7, 11) is 1.98. The molecule has 3 heteroatoms. The summed E-state index contributed by atoms with van der Waals surface area (Å²) in [6, 6.07) is 8.93. The SMILES string of the molecule is CNCc1ccc(N2CCSC(C)C2)cc1. The van der Waals surface area contributed by atoms with Crippen LogP contribution in [-0.4, -0.2) is 31.1 Å². The fourth-order valence-corrected chi connectivity index (χ4v) is 3.10. The van der Waals surface area contributed by atoms with Gasteiger partial charge in [0.25, 0.3) is 0 Å². The van der Waals surface area contributed by atoms with Crippen molar-refractivity contribution in [2.75, 3.05) is 30.8 Å². The molecule has 1 saturated heterocycles. The van der Waals surface area contributed by atoms with E-state index in [-0.39, 0.29) is 0 Å². The molecule has 1 aromatic carbocycles. The average Bonchev–Trinajstić information content (AvgIpc) is 2.30. The highest BCUT2D eigenvalue weighted by atomic mass is 32.2. The van der Waals surface area contributed by atoms with E-state index in [1.54, 1.807) is 0 Å². The highest BCUT2D eigenvalue weighted by Gasteiger charge is 2.16. The minimum Gasteiger partial charge on any atom is -0.370 e. The summed E-state index contributed by atoms with van der Waals surface area (Å²) in [5.74, 6) is 1.25. The molecule has 1 aromatic rings. The number of hydrogen-bond acceptors (Lipinski definition) is 3. The second kappa shape index (κ2) is 5.60. The minimum atomic E-state index is 0.755. The maximum atomic E-state index is 3.17. The van der Waals surface area contributed by atoms with Gasteiger partial charge in [0, 0.05) is 36.3 Å². The van der Waals surface area contributed by atoms with Gasteiger partial charge in [0.05, 0.1) is 0 Å². The minimum absolute atomic E-state index is 0.755. The van der Waals surface area contributed by atoms with Crippen LogP contribution in [0.1, 0.15) is 12.5 Å². The first kappa shape index (κ1) is 11.8. The standard InChI is InChI=1S/C13H20N2S/c1-11-10-15(7-8-16-11)13-5-3-12(4-6-13)9-14-2/h3-6,11,14H,7-10H2,1-2H3. The molecule has 1 unspecified atom stereocenters. The van der Waals surface area contributed by atoms with Crippen molar-refractivity contribution in [3.63, 3.8) is 0 Å². The van der Waals surface area contributed by atoms with Gasteiger partial charge in [-0.1, -0.05) is 19.1 Å². The first-order valence-electron chi connectivity index (χ1n) is 5.89. The van der Waals surface area contributed by atoms with E-state index >= 15 is 0 Å². The van der Waals surface area contributed by atoms with Gasteiger partial charge in [-0.05, 0) is 24.7 Å². The number of anilines is 1. The van der Waals surface area contributed by atoms with Crippen LogP contribution >= 0.6 is 11.8 Å². The molecule has 1 fully saturated rings. The van der Waals surface area contributed by atoms with Gasteiger partial charge in [-0.15, -0.1) is 0 Å². The summed E-state index contributed by atoms with van der Waals surface area (Å²) in [5.41, 5.74) is 2.72. The molecule has 88 valence electrons. The van der Waals surface area contributed by atoms with E-state index in [9.17, 15) is 0 Å². The molecule has 1 aliphatic rings. The second-order valence-electron chi connectivity index (χ2n) is 4.32. The number of thioether (sulfide) groups is 1. The lowest BCUT2D eigenvalue weighted by atomic mass is 10.2. The summed E-state index contributed by atoms with van der Waals surface area (Å²) in [4.78, 5) is 2.49. The van der Waals surface area contributed by atoms with Crippen molar-refractivity contribution in [2.24, 2.45) is 0 Å². The van der Waals surface area contributed by atoms with Crippen LogP contribution in [0, 0.1) is 0 Å². The first-order valence-corrected chi connectivity index (χ1v) is 6.94. The third-order valence-electron chi connectivity index (χ3n) is 2.92. The molecule has 0 saturated carbocycles. The predicted octanol–water partition coefficient (Wildman–Crippen LogP) is 2.35. The Morgan fingerprint density at radius 2 is 2.12 bits per heavy atom. The van der Waals surface area contributed by atoms with Gasteiger partial charge in [0.1, 0.15) is 0 Å². The summed E-state index contributed by atoms with van der Waals surface area (Å²) >= 11 is 2.08. The van der Waals surface area contributed by atoms with Crippen LogP contribution in [0.3, 0.4) is 0 Å². The number of hydrogen-bond donors (Lipinski definition) is 1. The molecule has 0 radical (unpaired) electrons. The fourth-order valence-electron chi connectivity index (χ4n) is 2.08. The molecule has 1 heterocycles. The van der Waals surface area contributed by atoms with Gasteiger partial charge in [0.2, 0.25) is 0 Å². The zero-order valence-corrected chi connectivity index (χ0v) is 10.9. The van der Waals surface area contributed by atoms with Crippen molar-refractivity contribution in [1.29, 1.82) is 0 Å². The third-order valence-corrected chi connectivity index (χ3v) is 4.06. The van der Waals surface area contributed by atoms with E-state index in [1.807, 2.05) is 7.05 Å². The molecule has 0 amide bonds. The quantitative estimate of drug-likeness (QED) is 0.867. The normalized spacial score (nSPS) is 21.1. The van der Waals surface area contributed by atoms with Crippen LogP contribution in [-0.2, 0) is 6.54 Å². The average molecular weight is 236 g/mol. The van der Waals surface area contributed by atoms with Gasteiger partial charge in [-0.25, -0.2) is 0 Å². The molecule has 0 aliphatic carbocycles. The zero-order valence-electron chi connectivity index (χ0n) is 10.1. The van der Waals surface area contributed by atoms with Crippen molar-refractivity contribution < 1.29 is 0 Å². The topological polar surface area (TPSA) is 15.3 Å². The number of rotatable bonds is 3. The van der Waals surface area contributed by atoms with Crippen LogP contribution in [0.25, 0.3) is 0 Å². The Bertz CT molecular complexity index is 323. The number of benzene rings is 1. The van der Waals surface area contributed by atoms with Crippen molar-refractivity contribution in [1.82, 2.24) is 5.32 Å². The van der Waals surface area contributed by atoms with Crippen molar-refractivity contribution in [2.45, 2.75) is 18.7 Å². The third kappa shape index (κ3) is 2.92. The Hall–Kier alpha value is -0.670. The lowest BCUT2D eigenvalue weighted by molar-refractivity contribution is 0.781. The number of nitrogens with one attached hydrogen (secondary N) is 1.